The van der Waals surface area contributed by atoms with Gasteiger partial charge < -0.3 is 9.67 Å². The molecule has 110 valence electrons. The van der Waals surface area contributed by atoms with Crippen molar-refractivity contribution in [2.75, 3.05) is 6.61 Å². The maximum absolute atomic E-state index is 10.9. The van der Waals surface area contributed by atoms with Crippen molar-refractivity contribution in [3.05, 3.63) is 52.3 Å². The number of rotatable bonds is 4. The van der Waals surface area contributed by atoms with Crippen LogP contribution in [0.3, 0.4) is 0 Å². The van der Waals surface area contributed by atoms with Crippen molar-refractivity contribution >= 4 is 23.7 Å². The molecular formula is C15H16ClN3O2. The van der Waals surface area contributed by atoms with Crippen LogP contribution in [0, 0.1) is 13.8 Å². The molecule has 0 aliphatic rings. The number of aliphatic hydroxyl groups excluding tert-OH is 1. The van der Waals surface area contributed by atoms with E-state index in [0.29, 0.717) is 5.02 Å². The number of hydrazone groups is 1. The van der Waals surface area contributed by atoms with Crippen LogP contribution < -0.4 is 5.43 Å². The van der Waals surface area contributed by atoms with E-state index < -0.39 is 12.5 Å². The minimum atomic E-state index is -0.582. The van der Waals surface area contributed by atoms with E-state index >= 15 is 0 Å². The largest absolute Gasteiger partial charge is 0.386 e. The smallest absolute Gasteiger partial charge is 0.265 e. The number of benzene rings is 1. The molecule has 0 aliphatic heterocycles. The molecule has 1 aromatic carbocycles. The second-order valence-electron chi connectivity index (χ2n) is 4.59. The molecule has 2 rings (SSSR count). The van der Waals surface area contributed by atoms with Crippen molar-refractivity contribution in [1.29, 1.82) is 0 Å². The third-order valence-corrected chi connectivity index (χ3v) is 3.34. The number of amides is 1. The Kier molecular flexibility index (Phi) is 4.77. The third-order valence-electron chi connectivity index (χ3n) is 3.09. The van der Waals surface area contributed by atoms with Crippen molar-refractivity contribution in [2.45, 2.75) is 13.8 Å². The van der Waals surface area contributed by atoms with E-state index in [1.54, 1.807) is 6.21 Å². The standard InChI is InChI=1S/C15H16ClN3O2/c1-10-7-12(8-17-18-15(21)9-20)11(2)19(10)14-5-3-13(16)4-6-14/h3-8,20H,9H2,1-2H3,(H,18,21)/b17-8-. The van der Waals surface area contributed by atoms with Crippen LogP contribution in [0.2, 0.25) is 5.02 Å². The average molecular weight is 306 g/mol. The van der Waals surface area contributed by atoms with Crippen LogP contribution in [0.5, 0.6) is 0 Å². The lowest BCUT2D eigenvalue weighted by atomic mass is 10.2. The second-order valence-corrected chi connectivity index (χ2v) is 5.03. The fraction of sp³-hybridized carbons (Fsp3) is 0.200. The summed E-state index contributed by atoms with van der Waals surface area (Å²) in [6.07, 6.45) is 1.56. The van der Waals surface area contributed by atoms with Crippen LogP contribution in [-0.4, -0.2) is 28.4 Å². The molecule has 0 spiro atoms. The molecule has 2 N–H and O–H groups in total. The van der Waals surface area contributed by atoms with Gasteiger partial charge in [-0.05, 0) is 44.2 Å². The molecule has 0 atom stereocenters. The molecule has 1 heterocycles. The topological polar surface area (TPSA) is 66.6 Å². The van der Waals surface area contributed by atoms with Crippen LogP contribution in [-0.2, 0) is 4.79 Å². The zero-order valence-electron chi connectivity index (χ0n) is 11.8. The lowest BCUT2D eigenvalue weighted by molar-refractivity contribution is -0.123. The number of aryl methyl sites for hydroxylation is 1. The number of hydrogen-bond donors (Lipinski definition) is 2. The molecule has 0 bridgehead atoms. The highest BCUT2D eigenvalue weighted by Crippen LogP contribution is 2.21. The van der Waals surface area contributed by atoms with E-state index in [2.05, 4.69) is 15.1 Å². The third kappa shape index (κ3) is 3.51. The van der Waals surface area contributed by atoms with E-state index in [1.807, 2.05) is 44.2 Å². The van der Waals surface area contributed by atoms with E-state index in [1.165, 1.54) is 0 Å². The van der Waals surface area contributed by atoms with Crippen LogP contribution >= 0.6 is 11.6 Å². The van der Waals surface area contributed by atoms with Crippen LogP contribution in [0.15, 0.2) is 35.4 Å². The normalized spacial score (nSPS) is 11.0. The first-order chi connectivity index (χ1) is 10.0. The number of carbonyl (C=O) groups is 1. The van der Waals surface area contributed by atoms with E-state index in [4.69, 9.17) is 16.7 Å². The minimum Gasteiger partial charge on any atom is -0.386 e. The van der Waals surface area contributed by atoms with Gasteiger partial charge >= 0.3 is 0 Å². The Morgan fingerprint density at radius 2 is 2.05 bits per heavy atom. The molecule has 2 aromatic rings. The molecule has 0 fully saturated rings. The monoisotopic (exact) mass is 305 g/mol. The summed E-state index contributed by atoms with van der Waals surface area (Å²) in [7, 11) is 0. The minimum absolute atomic E-state index is 0.544. The van der Waals surface area contributed by atoms with Gasteiger partial charge in [-0.3, -0.25) is 4.79 Å². The molecule has 5 nitrogen and oxygen atoms in total. The zero-order chi connectivity index (χ0) is 15.4. The summed E-state index contributed by atoms with van der Waals surface area (Å²) in [4.78, 5) is 10.9. The Morgan fingerprint density at radius 1 is 1.38 bits per heavy atom. The van der Waals surface area contributed by atoms with Gasteiger partial charge in [0.15, 0.2) is 0 Å². The van der Waals surface area contributed by atoms with Crippen LogP contribution in [0.25, 0.3) is 5.69 Å². The van der Waals surface area contributed by atoms with Crippen molar-refractivity contribution in [1.82, 2.24) is 9.99 Å². The van der Waals surface area contributed by atoms with Gasteiger partial charge in [0.2, 0.25) is 0 Å². The molecule has 1 amide bonds. The summed E-state index contributed by atoms with van der Waals surface area (Å²) in [5.74, 6) is -0.544. The average Bonchev–Trinajstić information content (AvgIpc) is 2.75. The molecular weight excluding hydrogens is 290 g/mol. The molecule has 0 radical (unpaired) electrons. The summed E-state index contributed by atoms with van der Waals surface area (Å²) in [6.45, 7) is 3.38. The van der Waals surface area contributed by atoms with Gasteiger partial charge in [-0.15, -0.1) is 0 Å². The summed E-state index contributed by atoms with van der Waals surface area (Å²) < 4.78 is 2.07. The zero-order valence-corrected chi connectivity index (χ0v) is 12.6. The Morgan fingerprint density at radius 3 is 2.67 bits per heavy atom. The summed E-state index contributed by atoms with van der Waals surface area (Å²) >= 11 is 5.90. The van der Waals surface area contributed by atoms with Crippen molar-refractivity contribution in [3.63, 3.8) is 0 Å². The summed E-state index contributed by atoms with van der Waals surface area (Å²) in [5.41, 5.74) is 6.18. The first-order valence-corrected chi connectivity index (χ1v) is 6.78. The molecule has 21 heavy (non-hydrogen) atoms. The lowest BCUT2D eigenvalue weighted by Crippen LogP contribution is -2.20. The van der Waals surface area contributed by atoms with Crippen molar-refractivity contribution in [2.24, 2.45) is 5.10 Å². The highest BCUT2D eigenvalue weighted by Gasteiger charge is 2.09. The van der Waals surface area contributed by atoms with E-state index in [0.717, 1.165) is 22.6 Å². The predicted octanol–water partition coefficient (Wildman–Crippen LogP) is 2.19. The highest BCUT2D eigenvalue weighted by atomic mass is 35.5. The molecule has 0 saturated carbocycles. The second kappa shape index (κ2) is 6.56. The number of halogens is 1. The highest BCUT2D eigenvalue weighted by molar-refractivity contribution is 6.30. The van der Waals surface area contributed by atoms with E-state index in [-0.39, 0.29) is 0 Å². The van der Waals surface area contributed by atoms with Crippen molar-refractivity contribution in [3.8, 4) is 5.69 Å². The fourth-order valence-electron chi connectivity index (χ4n) is 2.11. The number of nitrogens with one attached hydrogen (secondary N) is 1. The summed E-state index contributed by atoms with van der Waals surface area (Å²) in [6, 6.07) is 9.53. The van der Waals surface area contributed by atoms with Gasteiger partial charge in [-0.1, -0.05) is 11.6 Å². The van der Waals surface area contributed by atoms with Gasteiger partial charge in [0.25, 0.3) is 5.91 Å². The van der Waals surface area contributed by atoms with Gasteiger partial charge in [0, 0.05) is 27.7 Å². The maximum atomic E-state index is 10.9. The lowest BCUT2D eigenvalue weighted by Gasteiger charge is -2.09. The first-order valence-electron chi connectivity index (χ1n) is 6.40. The predicted molar refractivity (Wildman–Crippen MR) is 83.1 cm³/mol. The van der Waals surface area contributed by atoms with Crippen LogP contribution in [0.1, 0.15) is 17.0 Å². The quantitative estimate of drug-likeness (QED) is 0.671. The number of aliphatic hydroxyl groups is 1. The number of aromatic nitrogens is 1. The Bertz CT molecular complexity index is 675. The SMILES string of the molecule is Cc1cc(/C=N\NC(=O)CO)c(C)n1-c1ccc(Cl)cc1. The van der Waals surface area contributed by atoms with E-state index in [9.17, 15) is 4.79 Å². The fourth-order valence-corrected chi connectivity index (χ4v) is 2.24. The van der Waals surface area contributed by atoms with Gasteiger partial charge in [0.05, 0.1) is 6.21 Å². The van der Waals surface area contributed by atoms with Gasteiger partial charge in [0.1, 0.15) is 6.61 Å². The van der Waals surface area contributed by atoms with Crippen LogP contribution in [0.4, 0.5) is 0 Å². The maximum Gasteiger partial charge on any atom is 0.265 e. The Balaban J connectivity index is 2.29. The molecule has 0 saturated heterocycles. The Labute approximate surface area is 127 Å². The van der Waals surface area contributed by atoms with Gasteiger partial charge in [-0.25, -0.2) is 5.43 Å². The molecule has 0 unspecified atom stereocenters. The number of nitrogens with zero attached hydrogens (tertiary/aromatic N) is 2. The number of carbonyl (C=O) groups excluding carboxylic acids is 1. The number of hydrogen-bond acceptors (Lipinski definition) is 3. The summed E-state index contributed by atoms with van der Waals surface area (Å²) in [5, 5.41) is 13.1. The molecule has 1 aromatic heterocycles. The first kappa shape index (κ1) is 15.3. The van der Waals surface area contributed by atoms with Gasteiger partial charge in [-0.2, -0.15) is 5.10 Å². The van der Waals surface area contributed by atoms with Crippen molar-refractivity contribution < 1.29 is 9.90 Å². The molecule has 6 heteroatoms. The Hall–Kier alpha value is -2.11. The molecule has 0 aliphatic carbocycles.